The van der Waals surface area contributed by atoms with E-state index in [-0.39, 0.29) is 25.4 Å². The average Bonchev–Trinajstić information content (AvgIpc) is 3.20. The van der Waals surface area contributed by atoms with E-state index in [0.29, 0.717) is 24.5 Å². The molecule has 11 heteroatoms. The highest BCUT2D eigenvalue weighted by Gasteiger charge is 2.56. The SMILES string of the molecule is Cc1cc(COc2ccc(NC(=O)C[C@@H]3CCN(C(=O)OC(C)(C)C)C[C@]34NC(=O)NC4=O)cc2)c2ccccc2n1. The number of pyridine rings is 1. The number of likely N-dealkylation sites (tertiary alicyclic amines) is 1. The Bertz CT molecular complexity index is 1530. The number of fused-ring (bicyclic) bond motifs is 1. The van der Waals surface area contributed by atoms with Crippen molar-refractivity contribution in [2.75, 3.05) is 18.4 Å². The third-order valence-corrected chi connectivity index (χ3v) is 7.40. The van der Waals surface area contributed by atoms with Crippen molar-refractivity contribution in [2.24, 2.45) is 5.92 Å². The highest BCUT2D eigenvalue weighted by molar-refractivity contribution is 6.08. The van der Waals surface area contributed by atoms with Gasteiger partial charge in [-0.3, -0.25) is 19.9 Å². The highest BCUT2D eigenvalue weighted by atomic mass is 16.6. The van der Waals surface area contributed by atoms with Crippen molar-refractivity contribution in [1.82, 2.24) is 20.5 Å². The largest absolute Gasteiger partial charge is 0.489 e. The molecule has 0 saturated carbocycles. The predicted molar refractivity (Wildman–Crippen MR) is 156 cm³/mol. The molecule has 2 saturated heterocycles. The van der Waals surface area contributed by atoms with Gasteiger partial charge in [0.2, 0.25) is 5.91 Å². The molecule has 5 amide bonds. The van der Waals surface area contributed by atoms with Gasteiger partial charge in [0.15, 0.2) is 0 Å². The molecule has 3 aromatic rings. The van der Waals surface area contributed by atoms with Crippen molar-refractivity contribution in [2.45, 2.75) is 58.3 Å². The number of aryl methyl sites for hydroxylation is 1. The van der Waals surface area contributed by atoms with Gasteiger partial charge in [-0.2, -0.15) is 0 Å². The number of carbonyl (C=O) groups is 4. The Morgan fingerprint density at radius 2 is 1.86 bits per heavy atom. The van der Waals surface area contributed by atoms with Crippen LogP contribution in [0.5, 0.6) is 5.75 Å². The first kappa shape index (κ1) is 28.8. The monoisotopic (exact) mass is 573 g/mol. The summed E-state index contributed by atoms with van der Waals surface area (Å²) in [5.74, 6) is -0.752. The van der Waals surface area contributed by atoms with Crippen LogP contribution in [-0.4, -0.2) is 58.1 Å². The zero-order valence-electron chi connectivity index (χ0n) is 24.2. The number of carbonyl (C=O) groups excluding carboxylic acids is 4. The molecule has 2 fully saturated rings. The molecule has 1 spiro atoms. The third kappa shape index (κ3) is 6.29. The van der Waals surface area contributed by atoms with Gasteiger partial charge >= 0.3 is 12.1 Å². The second-order valence-corrected chi connectivity index (χ2v) is 11.8. The van der Waals surface area contributed by atoms with E-state index in [0.717, 1.165) is 22.2 Å². The van der Waals surface area contributed by atoms with Crippen LogP contribution in [0.25, 0.3) is 10.9 Å². The van der Waals surface area contributed by atoms with E-state index in [1.54, 1.807) is 45.0 Å². The number of anilines is 1. The third-order valence-electron chi connectivity index (χ3n) is 7.40. The molecule has 2 atom stereocenters. The fraction of sp³-hybridized carbons (Fsp3) is 0.387. The zero-order chi connectivity index (χ0) is 30.1. The lowest BCUT2D eigenvalue weighted by Crippen LogP contribution is -2.65. The molecule has 3 heterocycles. The van der Waals surface area contributed by atoms with Gasteiger partial charge in [-0.15, -0.1) is 0 Å². The summed E-state index contributed by atoms with van der Waals surface area (Å²) in [5.41, 5.74) is 1.30. The van der Waals surface area contributed by atoms with E-state index in [4.69, 9.17) is 9.47 Å². The van der Waals surface area contributed by atoms with Crippen LogP contribution in [0.15, 0.2) is 54.6 Å². The number of hydrogen-bond donors (Lipinski definition) is 3. The fourth-order valence-electron chi connectivity index (χ4n) is 5.48. The maximum Gasteiger partial charge on any atom is 0.410 e. The summed E-state index contributed by atoms with van der Waals surface area (Å²) in [4.78, 5) is 56.8. The number of piperidine rings is 1. The predicted octanol–water partition coefficient (Wildman–Crippen LogP) is 4.29. The van der Waals surface area contributed by atoms with E-state index in [9.17, 15) is 19.2 Å². The van der Waals surface area contributed by atoms with E-state index in [2.05, 4.69) is 20.9 Å². The molecule has 0 unspecified atom stereocenters. The van der Waals surface area contributed by atoms with Crippen LogP contribution in [0.1, 0.15) is 44.9 Å². The Hall–Kier alpha value is -4.67. The summed E-state index contributed by atoms with van der Waals surface area (Å²) in [7, 11) is 0. The van der Waals surface area contributed by atoms with Gasteiger partial charge in [0.05, 0.1) is 12.1 Å². The van der Waals surface area contributed by atoms with Gasteiger partial charge in [0, 0.05) is 41.2 Å². The van der Waals surface area contributed by atoms with Crippen molar-refractivity contribution >= 4 is 40.5 Å². The highest BCUT2D eigenvalue weighted by Crippen LogP contribution is 2.34. The van der Waals surface area contributed by atoms with Crippen molar-refractivity contribution in [3.8, 4) is 5.75 Å². The first-order valence-corrected chi connectivity index (χ1v) is 13.9. The molecule has 3 N–H and O–H groups in total. The van der Waals surface area contributed by atoms with Gasteiger partial charge in [-0.05, 0) is 70.5 Å². The topological polar surface area (TPSA) is 139 Å². The van der Waals surface area contributed by atoms with Gasteiger partial charge in [-0.1, -0.05) is 18.2 Å². The number of nitrogens with zero attached hydrogens (tertiary/aromatic N) is 2. The number of ether oxygens (including phenoxy) is 2. The molecular formula is C31H35N5O6. The molecule has 42 heavy (non-hydrogen) atoms. The van der Waals surface area contributed by atoms with Gasteiger partial charge in [-0.25, -0.2) is 9.59 Å². The van der Waals surface area contributed by atoms with E-state index >= 15 is 0 Å². The summed E-state index contributed by atoms with van der Waals surface area (Å²) in [6, 6.07) is 16.3. The Morgan fingerprint density at radius 1 is 1.12 bits per heavy atom. The standard InChI is InChI=1S/C31H35N5O6/c1-19-15-20(24-7-5-6-8-25(24)32-19)17-41-23-11-9-22(10-12-23)33-26(37)16-21-13-14-36(29(40)42-30(2,3)4)18-31(21)27(38)34-28(39)35-31/h5-12,15,21H,13-14,16-18H2,1-4H3,(H,33,37)(H2,34,35,38,39)/t21-,31-/m0/s1. The van der Waals surface area contributed by atoms with Crippen molar-refractivity contribution < 1.29 is 28.7 Å². The lowest BCUT2D eigenvalue weighted by Gasteiger charge is -2.43. The summed E-state index contributed by atoms with van der Waals surface area (Å²) in [6.07, 6.45) is -0.271. The number of hydrogen-bond acceptors (Lipinski definition) is 7. The zero-order valence-corrected chi connectivity index (χ0v) is 24.2. The number of imide groups is 1. The summed E-state index contributed by atoms with van der Waals surface area (Å²) in [5, 5.41) is 8.85. The van der Waals surface area contributed by atoms with E-state index in [1.807, 2.05) is 37.3 Å². The normalized spacial score (nSPS) is 20.3. The number of urea groups is 1. The van der Waals surface area contributed by atoms with Crippen molar-refractivity contribution in [3.05, 3.63) is 65.9 Å². The van der Waals surface area contributed by atoms with Gasteiger partial charge in [0.25, 0.3) is 5.91 Å². The van der Waals surface area contributed by atoms with Gasteiger partial charge in [0.1, 0.15) is 23.5 Å². The summed E-state index contributed by atoms with van der Waals surface area (Å²) in [6.45, 7) is 7.78. The number of para-hydroxylation sites is 1. The second kappa shape index (κ2) is 11.3. The number of benzene rings is 2. The minimum atomic E-state index is -1.42. The molecule has 0 radical (unpaired) electrons. The Kier molecular flexibility index (Phi) is 7.77. The maximum absolute atomic E-state index is 13.1. The van der Waals surface area contributed by atoms with Crippen LogP contribution in [0, 0.1) is 12.8 Å². The molecule has 2 aliphatic heterocycles. The van der Waals surface area contributed by atoms with Crippen LogP contribution >= 0.6 is 0 Å². The first-order chi connectivity index (χ1) is 19.9. The van der Waals surface area contributed by atoms with Crippen molar-refractivity contribution in [1.29, 1.82) is 0 Å². The number of amides is 5. The van der Waals surface area contributed by atoms with Crippen LogP contribution in [0.2, 0.25) is 0 Å². The molecule has 1 aromatic heterocycles. The molecule has 0 bridgehead atoms. The smallest absolute Gasteiger partial charge is 0.410 e. The van der Waals surface area contributed by atoms with Crippen molar-refractivity contribution in [3.63, 3.8) is 0 Å². The Labute approximate surface area is 243 Å². The Balaban J connectivity index is 1.21. The number of aromatic nitrogens is 1. The number of nitrogens with one attached hydrogen (secondary N) is 3. The molecule has 11 nitrogen and oxygen atoms in total. The minimum Gasteiger partial charge on any atom is -0.489 e. The fourth-order valence-corrected chi connectivity index (χ4v) is 5.48. The second-order valence-electron chi connectivity index (χ2n) is 11.8. The molecular weight excluding hydrogens is 538 g/mol. The lowest BCUT2D eigenvalue weighted by atomic mass is 9.76. The van der Waals surface area contributed by atoms with E-state index < -0.39 is 35.1 Å². The van der Waals surface area contributed by atoms with Crippen LogP contribution < -0.4 is 20.7 Å². The molecule has 2 aromatic carbocycles. The quantitative estimate of drug-likeness (QED) is 0.374. The first-order valence-electron chi connectivity index (χ1n) is 13.9. The summed E-state index contributed by atoms with van der Waals surface area (Å²) >= 11 is 0. The van der Waals surface area contributed by atoms with Crippen LogP contribution in [0.4, 0.5) is 15.3 Å². The Morgan fingerprint density at radius 3 is 2.55 bits per heavy atom. The lowest BCUT2D eigenvalue weighted by molar-refractivity contribution is -0.129. The van der Waals surface area contributed by atoms with Crippen LogP contribution in [-0.2, 0) is 20.9 Å². The maximum atomic E-state index is 13.1. The molecule has 220 valence electrons. The average molecular weight is 574 g/mol. The summed E-state index contributed by atoms with van der Waals surface area (Å²) < 4.78 is 11.5. The minimum absolute atomic E-state index is 0.0252. The molecule has 2 aliphatic rings. The van der Waals surface area contributed by atoms with Crippen LogP contribution in [0.3, 0.4) is 0 Å². The molecule has 5 rings (SSSR count). The molecule has 0 aliphatic carbocycles. The van der Waals surface area contributed by atoms with Gasteiger partial charge < -0.3 is 25.0 Å². The number of rotatable bonds is 6. The van der Waals surface area contributed by atoms with E-state index in [1.165, 1.54) is 4.90 Å².